The van der Waals surface area contributed by atoms with E-state index in [9.17, 15) is 32.4 Å². The number of piperidine rings is 1. The van der Waals surface area contributed by atoms with Gasteiger partial charge in [0.25, 0.3) is 5.91 Å². The zero-order valence-electron chi connectivity index (χ0n) is 32.7. The quantitative estimate of drug-likeness (QED) is 0.141. The first-order valence-electron chi connectivity index (χ1n) is 19.6. The van der Waals surface area contributed by atoms with Gasteiger partial charge in [-0.2, -0.15) is 0 Å². The van der Waals surface area contributed by atoms with E-state index in [-0.39, 0.29) is 41.9 Å². The van der Waals surface area contributed by atoms with E-state index in [1.165, 1.54) is 6.08 Å². The summed E-state index contributed by atoms with van der Waals surface area (Å²) in [5.41, 5.74) is -1.74. The van der Waals surface area contributed by atoms with Crippen molar-refractivity contribution >= 4 is 39.4 Å². The van der Waals surface area contributed by atoms with Gasteiger partial charge in [0.05, 0.1) is 22.1 Å². The van der Waals surface area contributed by atoms with Gasteiger partial charge in [-0.3, -0.25) is 19.2 Å². The van der Waals surface area contributed by atoms with Crippen LogP contribution in [0.1, 0.15) is 132 Å². The van der Waals surface area contributed by atoms with Crippen molar-refractivity contribution in [3.05, 3.63) is 12.7 Å². The number of likely N-dealkylation sites (tertiary alicyclic amines) is 1. The Hall–Kier alpha value is -2.96. The molecule has 12 nitrogen and oxygen atoms in total. The number of ketones is 1. The minimum atomic E-state index is -3.57. The Kier molecular flexibility index (Phi) is 13.0. The van der Waals surface area contributed by atoms with Gasteiger partial charge in [0, 0.05) is 13.1 Å². The average Bonchev–Trinajstić information content (AvgIpc) is 3.37. The number of Topliss-reactive ketones (excluding diaryl/α,β-unsaturated/α-hetero) is 1. The first-order chi connectivity index (χ1) is 24.2. The molecular formula is C39H65N5O7S. The number of hydrogen-bond donors (Lipinski definition) is 4. The lowest BCUT2D eigenvalue weighted by Crippen LogP contribution is -2.65. The van der Waals surface area contributed by atoms with Crippen molar-refractivity contribution in [1.29, 1.82) is 0 Å². The summed E-state index contributed by atoms with van der Waals surface area (Å²) in [4.78, 5) is 70.7. The fourth-order valence-corrected chi connectivity index (χ4v) is 10.5. The third-order valence-corrected chi connectivity index (χ3v) is 15.5. The molecule has 5 atom stereocenters. The van der Waals surface area contributed by atoms with Crippen molar-refractivity contribution < 1.29 is 32.4 Å². The van der Waals surface area contributed by atoms with Crippen molar-refractivity contribution in [2.45, 2.75) is 160 Å². The van der Waals surface area contributed by atoms with Crippen LogP contribution in [0.25, 0.3) is 0 Å². The summed E-state index contributed by atoms with van der Waals surface area (Å²) in [6.07, 6.45) is 11.0. The molecule has 5 amide bonds. The molecule has 0 aromatic carbocycles. The van der Waals surface area contributed by atoms with E-state index in [2.05, 4.69) is 41.7 Å². The number of fused-ring (bicyclic) bond motifs is 1. The molecular weight excluding hydrogens is 683 g/mol. The van der Waals surface area contributed by atoms with Crippen LogP contribution in [0, 0.1) is 22.7 Å². The van der Waals surface area contributed by atoms with Crippen LogP contribution in [0.4, 0.5) is 4.79 Å². The second kappa shape index (κ2) is 16.2. The Bertz CT molecular complexity index is 1470. The zero-order chi connectivity index (χ0) is 38.7. The van der Waals surface area contributed by atoms with Gasteiger partial charge in [-0.15, -0.1) is 6.58 Å². The van der Waals surface area contributed by atoms with Gasteiger partial charge >= 0.3 is 6.03 Å². The second-order valence-corrected chi connectivity index (χ2v) is 20.7. The third-order valence-electron chi connectivity index (χ3n) is 12.7. The number of nitrogens with zero attached hydrogens (tertiary/aromatic N) is 1. The number of carbonyl (C=O) groups excluding carboxylic acids is 5. The van der Waals surface area contributed by atoms with E-state index in [1.807, 2.05) is 13.8 Å². The molecule has 1 saturated heterocycles. The SMILES string of the molecule is C=CCNC(=O)C(=O)C(CCCC)NC(=O)[C@@H]1[C@@H]2[C@H](CN1C(=O)[C@@H](NC(=O)NC1(CS(=O)(=O)C(C)(C)C)CCCCC1)C1(C)CCCCC1)C2(C)C. The topological polar surface area (TPSA) is 171 Å². The lowest BCUT2D eigenvalue weighted by molar-refractivity contribution is -0.146. The number of amides is 5. The highest BCUT2D eigenvalue weighted by Crippen LogP contribution is 2.65. The summed E-state index contributed by atoms with van der Waals surface area (Å²) in [6.45, 7) is 17.2. The molecule has 0 aromatic heterocycles. The fraction of sp³-hybridized carbons (Fsp3) is 0.821. The summed E-state index contributed by atoms with van der Waals surface area (Å²) in [6, 6.07) is -3.44. The van der Waals surface area contributed by atoms with Crippen molar-refractivity contribution in [2.24, 2.45) is 22.7 Å². The second-order valence-electron chi connectivity index (χ2n) is 17.9. The van der Waals surface area contributed by atoms with Crippen molar-refractivity contribution in [2.75, 3.05) is 18.8 Å². The molecule has 4 N–H and O–H groups in total. The molecule has 0 aromatic rings. The van der Waals surface area contributed by atoms with E-state index in [0.717, 1.165) is 44.9 Å². The highest BCUT2D eigenvalue weighted by molar-refractivity contribution is 7.92. The molecule has 4 aliphatic rings. The van der Waals surface area contributed by atoms with Crippen LogP contribution in [0.2, 0.25) is 0 Å². The summed E-state index contributed by atoms with van der Waals surface area (Å²) in [7, 11) is -3.57. The molecule has 4 rings (SSSR count). The van der Waals surface area contributed by atoms with Gasteiger partial charge in [0.15, 0.2) is 9.84 Å². The van der Waals surface area contributed by atoms with E-state index in [4.69, 9.17) is 0 Å². The number of urea groups is 1. The first kappa shape index (κ1) is 41.8. The molecule has 0 spiro atoms. The molecule has 13 heteroatoms. The Morgan fingerprint density at radius 2 is 1.52 bits per heavy atom. The summed E-state index contributed by atoms with van der Waals surface area (Å²) < 4.78 is 25.9. The first-order valence-corrected chi connectivity index (χ1v) is 21.2. The lowest BCUT2D eigenvalue weighted by Gasteiger charge is -2.44. The van der Waals surface area contributed by atoms with Gasteiger partial charge in [-0.25, -0.2) is 13.2 Å². The molecule has 294 valence electrons. The molecule has 1 heterocycles. The van der Waals surface area contributed by atoms with Crippen LogP contribution in [0.3, 0.4) is 0 Å². The van der Waals surface area contributed by atoms with Gasteiger partial charge in [-0.05, 0) is 75.5 Å². The minimum absolute atomic E-state index is 0.0645. The largest absolute Gasteiger partial charge is 0.346 e. The van der Waals surface area contributed by atoms with E-state index >= 15 is 0 Å². The normalized spacial score (nSPS) is 25.8. The molecule has 4 fully saturated rings. The fourth-order valence-electron chi connectivity index (χ4n) is 9.03. The molecule has 3 aliphatic carbocycles. The maximum atomic E-state index is 14.9. The molecule has 52 heavy (non-hydrogen) atoms. The van der Waals surface area contributed by atoms with Crippen LogP contribution in [0.15, 0.2) is 12.7 Å². The maximum absolute atomic E-state index is 14.9. The number of sulfone groups is 1. The minimum Gasteiger partial charge on any atom is -0.346 e. The van der Waals surface area contributed by atoms with Crippen molar-refractivity contribution in [3.8, 4) is 0 Å². The average molecular weight is 748 g/mol. The molecule has 0 radical (unpaired) electrons. The smallest absolute Gasteiger partial charge is 0.315 e. The Morgan fingerprint density at radius 1 is 0.923 bits per heavy atom. The zero-order valence-corrected chi connectivity index (χ0v) is 33.5. The molecule has 3 saturated carbocycles. The number of hydrogen-bond acceptors (Lipinski definition) is 7. The van der Waals surface area contributed by atoms with Crippen LogP contribution >= 0.6 is 0 Å². The van der Waals surface area contributed by atoms with Gasteiger partial charge < -0.3 is 26.2 Å². The summed E-state index contributed by atoms with van der Waals surface area (Å²) >= 11 is 0. The van der Waals surface area contributed by atoms with E-state index in [1.54, 1.807) is 25.7 Å². The molecule has 1 aliphatic heterocycles. The number of unbranched alkanes of at least 4 members (excludes halogenated alkanes) is 1. The highest BCUT2D eigenvalue weighted by atomic mass is 32.2. The predicted octanol–water partition coefficient (Wildman–Crippen LogP) is 4.57. The van der Waals surface area contributed by atoms with Crippen LogP contribution in [0.5, 0.6) is 0 Å². The van der Waals surface area contributed by atoms with Crippen LogP contribution in [-0.2, 0) is 29.0 Å². The maximum Gasteiger partial charge on any atom is 0.315 e. The highest BCUT2D eigenvalue weighted by Gasteiger charge is 2.70. The number of nitrogens with one attached hydrogen (secondary N) is 4. The number of rotatable bonds is 15. The van der Waals surface area contributed by atoms with Crippen molar-refractivity contribution in [1.82, 2.24) is 26.2 Å². The van der Waals surface area contributed by atoms with Gasteiger partial charge in [-0.1, -0.05) is 85.1 Å². The number of carbonyl (C=O) groups is 5. The van der Waals surface area contributed by atoms with Crippen molar-refractivity contribution in [3.63, 3.8) is 0 Å². The Labute approximate surface area is 311 Å². The predicted molar refractivity (Wildman–Crippen MR) is 202 cm³/mol. The molecule has 0 bridgehead atoms. The standard InChI is InChI=1S/C39H65N5O7S/c1-9-11-18-27(30(45)33(47)40-23-10-2)41-32(46)29-28-26(37(28,6)7)24-44(29)34(48)31(38(8)19-14-12-15-20-38)42-35(49)43-39(21-16-13-17-22-39)25-52(50,51)36(3,4)5/h10,26-29,31H,2,9,11-25H2,1,3-8H3,(H,40,47)(H,41,46)(H2,42,43,49)/t26-,27?,28-,29-,31+/m0/s1. The Balaban J connectivity index is 1.62. The van der Waals surface area contributed by atoms with E-state index in [0.29, 0.717) is 38.6 Å². The van der Waals surface area contributed by atoms with Gasteiger partial charge in [0.1, 0.15) is 12.1 Å². The van der Waals surface area contributed by atoms with Gasteiger partial charge in [0.2, 0.25) is 17.6 Å². The van der Waals surface area contributed by atoms with E-state index < -0.39 is 67.3 Å². The monoisotopic (exact) mass is 747 g/mol. The molecule has 1 unspecified atom stereocenters. The lowest BCUT2D eigenvalue weighted by atomic mass is 9.70. The van der Waals surface area contributed by atoms with Crippen LogP contribution in [-0.4, -0.2) is 90.1 Å². The Morgan fingerprint density at radius 3 is 2.08 bits per heavy atom. The third kappa shape index (κ3) is 9.04. The van der Waals surface area contributed by atoms with Crippen LogP contribution < -0.4 is 21.3 Å². The summed E-state index contributed by atoms with van der Waals surface area (Å²) in [5, 5.41) is 11.5. The summed E-state index contributed by atoms with van der Waals surface area (Å²) in [5.74, 6) is -2.60.